The number of benzene rings is 2. The van der Waals surface area contributed by atoms with Crippen molar-refractivity contribution in [1.29, 1.82) is 0 Å². The van der Waals surface area contributed by atoms with Gasteiger partial charge in [-0.05, 0) is 30.3 Å². The van der Waals surface area contributed by atoms with Gasteiger partial charge in [0.2, 0.25) is 0 Å². The molecule has 0 radical (unpaired) electrons. The fourth-order valence-electron chi connectivity index (χ4n) is 2.47. The summed E-state index contributed by atoms with van der Waals surface area (Å²) in [5, 5.41) is 3.22. The molecule has 0 amide bonds. The fraction of sp³-hybridized carbons (Fsp3) is 0.250. The lowest BCUT2D eigenvalue weighted by atomic mass is 10.1. The molecule has 0 saturated heterocycles. The number of halogens is 3. The van der Waals surface area contributed by atoms with Crippen molar-refractivity contribution in [2.24, 2.45) is 0 Å². The lowest BCUT2D eigenvalue weighted by Gasteiger charge is -2.11. The van der Waals surface area contributed by atoms with Crippen LogP contribution in [0.2, 0.25) is 0 Å². The zero-order chi connectivity index (χ0) is 14.9. The molecule has 0 aromatic heterocycles. The minimum atomic E-state index is -4.29. The molecule has 0 aliphatic carbocycles. The van der Waals surface area contributed by atoms with Gasteiger partial charge in [0, 0.05) is 18.7 Å². The van der Waals surface area contributed by atoms with Gasteiger partial charge in [0.15, 0.2) is 9.79 Å². The number of hydrogen-bond acceptors (Lipinski definition) is 1. The predicted octanol–water partition coefficient (Wildman–Crippen LogP) is 3.84. The molecule has 0 fully saturated rings. The largest absolute Gasteiger partial charge is 0.416 e. The lowest BCUT2D eigenvalue weighted by molar-refractivity contribution is -0.137. The molecule has 1 heterocycles. The summed E-state index contributed by atoms with van der Waals surface area (Å²) in [5.41, 5.74) is 0.191. The van der Waals surface area contributed by atoms with Crippen molar-refractivity contribution in [1.82, 2.24) is 5.32 Å². The molecule has 0 spiro atoms. The number of alkyl halides is 3. The van der Waals surface area contributed by atoms with Gasteiger partial charge < -0.3 is 5.32 Å². The first-order valence-electron chi connectivity index (χ1n) is 6.72. The van der Waals surface area contributed by atoms with E-state index in [1.165, 1.54) is 17.0 Å². The average molecular weight is 310 g/mol. The smallest absolute Gasteiger partial charge is 0.308 e. The van der Waals surface area contributed by atoms with Gasteiger partial charge >= 0.3 is 6.18 Å². The van der Waals surface area contributed by atoms with E-state index in [0.717, 1.165) is 22.8 Å². The van der Waals surface area contributed by atoms with Crippen molar-refractivity contribution >= 4 is 10.9 Å². The monoisotopic (exact) mass is 310 g/mol. The Kier molecular flexibility index (Phi) is 3.95. The summed E-state index contributed by atoms with van der Waals surface area (Å²) in [6, 6.07) is 14.2. The summed E-state index contributed by atoms with van der Waals surface area (Å²) in [6.07, 6.45) is -4.29. The molecule has 21 heavy (non-hydrogen) atoms. The highest BCUT2D eigenvalue weighted by molar-refractivity contribution is 7.97. The second kappa shape index (κ2) is 5.73. The zero-order valence-electron chi connectivity index (χ0n) is 11.3. The molecule has 1 nitrogen and oxygen atoms in total. The Labute approximate surface area is 124 Å². The van der Waals surface area contributed by atoms with E-state index in [1.807, 2.05) is 18.2 Å². The van der Waals surface area contributed by atoms with Crippen molar-refractivity contribution in [3.05, 3.63) is 59.7 Å². The maximum absolute atomic E-state index is 12.9. The molecule has 2 aromatic carbocycles. The summed E-state index contributed by atoms with van der Waals surface area (Å²) in [7, 11) is -0.165. The van der Waals surface area contributed by atoms with E-state index in [9.17, 15) is 13.2 Å². The van der Waals surface area contributed by atoms with Crippen LogP contribution in [0, 0.1) is 0 Å². The Balaban J connectivity index is 2.05. The molecule has 1 aliphatic heterocycles. The first-order chi connectivity index (χ1) is 10.1. The van der Waals surface area contributed by atoms with Crippen LogP contribution in [0.25, 0.3) is 0 Å². The number of hydrogen-bond donors (Lipinski definition) is 1. The molecule has 1 N–H and O–H groups in total. The van der Waals surface area contributed by atoms with Crippen LogP contribution >= 0.6 is 0 Å². The van der Waals surface area contributed by atoms with Crippen LogP contribution in [0.15, 0.2) is 58.3 Å². The van der Waals surface area contributed by atoms with Crippen LogP contribution < -0.4 is 5.32 Å². The molecule has 5 heteroatoms. The Bertz CT molecular complexity index is 625. The Morgan fingerprint density at radius 2 is 1.76 bits per heavy atom. The van der Waals surface area contributed by atoms with E-state index in [4.69, 9.17) is 0 Å². The average Bonchev–Trinajstić information content (AvgIpc) is 2.69. The van der Waals surface area contributed by atoms with Crippen molar-refractivity contribution in [2.45, 2.75) is 22.5 Å². The molecule has 2 aromatic rings. The molecule has 1 aliphatic rings. The second-order valence-electron chi connectivity index (χ2n) is 4.90. The van der Waals surface area contributed by atoms with E-state index < -0.39 is 11.7 Å². The maximum Gasteiger partial charge on any atom is 0.416 e. The summed E-state index contributed by atoms with van der Waals surface area (Å²) in [6.45, 7) is 1.31. The van der Waals surface area contributed by atoms with Crippen LogP contribution in [0.3, 0.4) is 0 Å². The van der Waals surface area contributed by atoms with Gasteiger partial charge in [0.05, 0.1) is 16.5 Å². The quantitative estimate of drug-likeness (QED) is 0.789. The number of fused-ring (bicyclic) bond motifs is 1. The minimum absolute atomic E-state index is 0.165. The third kappa shape index (κ3) is 3.09. The predicted molar refractivity (Wildman–Crippen MR) is 78.4 cm³/mol. The highest BCUT2D eigenvalue weighted by Crippen LogP contribution is 2.34. The third-order valence-corrected chi connectivity index (χ3v) is 5.86. The van der Waals surface area contributed by atoms with E-state index in [1.54, 1.807) is 6.07 Å². The van der Waals surface area contributed by atoms with Gasteiger partial charge in [0.25, 0.3) is 0 Å². The molecule has 1 atom stereocenters. The van der Waals surface area contributed by atoms with Gasteiger partial charge in [-0.1, -0.05) is 18.2 Å². The SMILES string of the molecule is FC(F)(F)c1ccc2c(c1)CNCC[S+]2c1ccccc1. The van der Waals surface area contributed by atoms with Crippen molar-refractivity contribution in [3.63, 3.8) is 0 Å². The third-order valence-electron chi connectivity index (χ3n) is 3.48. The van der Waals surface area contributed by atoms with Gasteiger partial charge in [-0.25, -0.2) is 0 Å². The van der Waals surface area contributed by atoms with Crippen LogP contribution in [0.1, 0.15) is 11.1 Å². The number of nitrogens with one attached hydrogen (secondary N) is 1. The van der Waals surface area contributed by atoms with Gasteiger partial charge in [-0.3, -0.25) is 0 Å². The molecule has 3 rings (SSSR count). The highest BCUT2D eigenvalue weighted by Gasteiger charge is 2.35. The first-order valence-corrected chi connectivity index (χ1v) is 8.12. The Morgan fingerprint density at radius 1 is 1.00 bits per heavy atom. The van der Waals surface area contributed by atoms with Crippen LogP contribution in [-0.4, -0.2) is 12.3 Å². The number of rotatable bonds is 1. The molecule has 110 valence electrons. The van der Waals surface area contributed by atoms with Gasteiger partial charge in [-0.15, -0.1) is 0 Å². The Hall–Kier alpha value is -1.46. The van der Waals surface area contributed by atoms with E-state index in [2.05, 4.69) is 17.4 Å². The summed E-state index contributed by atoms with van der Waals surface area (Å²) >= 11 is 0. The molecule has 0 bridgehead atoms. The first kappa shape index (κ1) is 14.5. The lowest BCUT2D eigenvalue weighted by Crippen LogP contribution is -2.18. The molecule has 0 saturated carbocycles. The van der Waals surface area contributed by atoms with Crippen LogP contribution in [-0.2, 0) is 23.6 Å². The summed E-state index contributed by atoms with van der Waals surface area (Å²) < 4.78 is 38.6. The second-order valence-corrected chi connectivity index (χ2v) is 7.01. The van der Waals surface area contributed by atoms with Crippen molar-refractivity contribution in [3.8, 4) is 0 Å². The molecular formula is C16H15F3NS+. The standard InChI is InChI=1S/C16H15F3NS/c17-16(18,19)13-6-7-15-12(10-13)11-20-8-9-21(15)14-4-2-1-3-5-14/h1-7,10,20H,8-9,11H2/q+1. The minimum Gasteiger partial charge on any atom is -0.308 e. The van der Waals surface area contributed by atoms with Crippen LogP contribution in [0.4, 0.5) is 13.2 Å². The van der Waals surface area contributed by atoms with Crippen molar-refractivity contribution in [2.75, 3.05) is 12.3 Å². The van der Waals surface area contributed by atoms with Crippen LogP contribution in [0.5, 0.6) is 0 Å². The van der Waals surface area contributed by atoms with E-state index in [0.29, 0.717) is 6.54 Å². The Morgan fingerprint density at radius 3 is 2.48 bits per heavy atom. The van der Waals surface area contributed by atoms with E-state index in [-0.39, 0.29) is 10.9 Å². The maximum atomic E-state index is 12.9. The topological polar surface area (TPSA) is 12.0 Å². The zero-order valence-corrected chi connectivity index (χ0v) is 12.1. The molecule has 1 unspecified atom stereocenters. The van der Waals surface area contributed by atoms with E-state index >= 15 is 0 Å². The fourth-order valence-corrected chi connectivity index (χ4v) is 4.69. The highest BCUT2D eigenvalue weighted by atomic mass is 32.2. The van der Waals surface area contributed by atoms with Gasteiger partial charge in [0.1, 0.15) is 5.75 Å². The summed E-state index contributed by atoms with van der Waals surface area (Å²) in [4.78, 5) is 2.21. The normalized spacial score (nSPS) is 18.9. The summed E-state index contributed by atoms with van der Waals surface area (Å²) in [5.74, 6) is 0.919. The van der Waals surface area contributed by atoms with Gasteiger partial charge in [-0.2, -0.15) is 13.2 Å². The van der Waals surface area contributed by atoms with Crippen molar-refractivity contribution < 1.29 is 13.2 Å². The molecular weight excluding hydrogens is 295 g/mol.